The van der Waals surface area contributed by atoms with Gasteiger partial charge in [0.15, 0.2) is 0 Å². The number of alkyl carbamates (subject to hydrolysis) is 1. The van der Waals surface area contributed by atoms with E-state index in [1.165, 1.54) is 11.1 Å². The second kappa shape index (κ2) is 9.27. The van der Waals surface area contributed by atoms with Crippen LogP contribution in [-0.4, -0.2) is 23.7 Å². The van der Waals surface area contributed by atoms with Gasteiger partial charge in [0.2, 0.25) is 0 Å². The molecule has 1 heterocycles. The van der Waals surface area contributed by atoms with Crippen LogP contribution in [0.15, 0.2) is 60.7 Å². The highest BCUT2D eigenvalue weighted by molar-refractivity contribution is 6.09. The third-order valence-electron chi connectivity index (χ3n) is 5.31. The van der Waals surface area contributed by atoms with Crippen LogP contribution >= 0.6 is 0 Å². The van der Waals surface area contributed by atoms with E-state index in [1.54, 1.807) is 0 Å². The van der Waals surface area contributed by atoms with E-state index in [2.05, 4.69) is 73.0 Å². The molecule has 0 saturated carbocycles. The quantitative estimate of drug-likeness (QED) is 0.348. The van der Waals surface area contributed by atoms with E-state index < -0.39 is 0 Å². The third kappa shape index (κ3) is 4.99. The van der Waals surface area contributed by atoms with Crippen molar-refractivity contribution in [1.82, 2.24) is 10.3 Å². The number of amides is 1. The van der Waals surface area contributed by atoms with Crippen LogP contribution in [0.25, 0.3) is 21.8 Å². The fourth-order valence-corrected chi connectivity index (χ4v) is 3.79. The van der Waals surface area contributed by atoms with Gasteiger partial charge in [0.25, 0.3) is 0 Å². The number of carbonyl (C=O) groups excluding carboxylic acids is 1. The van der Waals surface area contributed by atoms with E-state index >= 15 is 0 Å². The normalized spacial score (nSPS) is 11.2. The Morgan fingerprint density at radius 2 is 1.59 bits per heavy atom. The molecule has 0 aliphatic heterocycles. The minimum atomic E-state index is -0.380. The molecule has 164 valence electrons. The number of pyridine rings is 1. The lowest BCUT2D eigenvalue weighted by Gasteiger charge is -2.15. The number of carbonyl (C=O) groups is 1. The molecular formula is C27H29N3O2. The van der Waals surface area contributed by atoms with Crippen LogP contribution in [0, 0.1) is 13.8 Å². The molecule has 0 radical (unpaired) electrons. The summed E-state index contributed by atoms with van der Waals surface area (Å²) in [4.78, 5) is 16.6. The van der Waals surface area contributed by atoms with Crippen molar-refractivity contribution in [3.05, 3.63) is 77.4 Å². The molecule has 0 aliphatic rings. The number of benzene rings is 3. The minimum absolute atomic E-state index is 0.0623. The zero-order valence-electron chi connectivity index (χ0n) is 19.0. The molecule has 4 rings (SSSR count). The van der Waals surface area contributed by atoms with Crippen LogP contribution in [-0.2, 0) is 11.2 Å². The van der Waals surface area contributed by atoms with Gasteiger partial charge < -0.3 is 15.4 Å². The summed E-state index contributed by atoms with van der Waals surface area (Å²) in [6.07, 6.45) is 0.270. The van der Waals surface area contributed by atoms with E-state index in [1.807, 2.05) is 26.0 Å². The lowest BCUT2D eigenvalue weighted by atomic mass is 10.0. The van der Waals surface area contributed by atoms with Gasteiger partial charge in [-0.3, -0.25) is 0 Å². The zero-order chi connectivity index (χ0) is 22.7. The lowest BCUT2D eigenvalue weighted by Crippen LogP contribution is -2.31. The fourth-order valence-electron chi connectivity index (χ4n) is 3.79. The molecule has 4 aromatic rings. The Morgan fingerprint density at radius 1 is 0.938 bits per heavy atom. The summed E-state index contributed by atoms with van der Waals surface area (Å²) in [5, 5.41) is 8.59. The monoisotopic (exact) mass is 427 g/mol. The number of fused-ring (bicyclic) bond motifs is 2. The summed E-state index contributed by atoms with van der Waals surface area (Å²) >= 11 is 0. The first-order chi connectivity index (χ1) is 15.4. The summed E-state index contributed by atoms with van der Waals surface area (Å²) in [6, 6.07) is 21.0. The van der Waals surface area contributed by atoms with Crippen molar-refractivity contribution < 1.29 is 9.53 Å². The summed E-state index contributed by atoms with van der Waals surface area (Å²) in [6.45, 7) is 8.35. The van der Waals surface area contributed by atoms with Crippen molar-refractivity contribution in [3.63, 3.8) is 0 Å². The molecule has 2 N–H and O–H groups in total. The Labute approximate surface area is 188 Å². The molecule has 0 fully saturated rings. The molecule has 5 heteroatoms. The maximum Gasteiger partial charge on any atom is 0.407 e. The molecule has 0 atom stereocenters. The zero-order valence-corrected chi connectivity index (χ0v) is 19.0. The van der Waals surface area contributed by atoms with E-state index in [9.17, 15) is 4.79 Å². The van der Waals surface area contributed by atoms with E-state index in [0.29, 0.717) is 13.0 Å². The van der Waals surface area contributed by atoms with Gasteiger partial charge in [-0.2, -0.15) is 0 Å². The Hall–Kier alpha value is -3.60. The van der Waals surface area contributed by atoms with Gasteiger partial charge in [-0.1, -0.05) is 35.4 Å². The van der Waals surface area contributed by atoms with Crippen molar-refractivity contribution in [2.45, 2.75) is 40.2 Å². The molecule has 1 aromatic heterocycles. The number of aromatic nitrogens is 1. The lowest BCUT2D eigenvalue weighted by molar-refractivity contribution is 0.145. The predicted octanol–water partition coefficient (Wildman–Crippen LogP) is 6.43. The van der Waals surface area contributed by atoms with Crippen molar-refractivity contribution >= 4 is 39.3 Å². The second-order valence-corrected chi connectivity index (χ2v) is 8.54. The predicted molar refractivity (Wildman–Crippen MR) is 132 cm³/mol. The molecule has 0 aliphatic carbocycles. The van der Waals surface area contributed by atoms with E-state index in [-0.39, 0.29) is 12.1 Å². The number of nitrogens with one attached hydrogen (secondary N) is 2. The summed E-state index contributed by atoms with van der Waals surface area (Å²) in [7, 11) is 0. The van der Waals surface area contributed by atoms with E-state index in [4.69, 9.17) is 9.72 Å². The van der Waals surface area contributed by atoms with Gasteiger partial charge >= 0.3 is 6.09 Å². The molecule has 5 nitrogen and oxygen atoms in total. The smallest absolute Gasteiger partial charge is 0.407 e. The maximum atomic E-state index is 11.7. The summed E-state index contributed by atoms with van der Waals surface area (Å²) in [5.74, 6) is 0. The fraction of sp³-hybridized carbons (Fsp3) is 0.259. The number of aryl methyl sites for hydroxylation is 2. The van der Waals surface area contributed by atoms with Gasteiger partial charge in [-0.15, -0.1) is 0 Å². The van der Waals surface area contributed by atoms with Crippen LogP contribution in [0.4, 0.5) is 16.2 Å². The SMILES string of the molecule is Cc1ccc2nc3ccc(C)cc3c(Nc3cccc(CCOC(=O)NC(C)C)c3)c2c1. The number of hydrogen-bond donors (Lipinski definition) is 2. The summed E-state index contributed by atoms with van der Waals surface area (Å²) in [5.41, 5.74) is 7.47. The van der Waals surface area contributed by atoms with Crippen molar-refractivity contribution in [2.75, 3.05) is 11.9 Å². The standard InChI is InChI=1S/C27H29N3O2/c1-17(2)28-27(31)32-13-12-20-6-5-7-21(16-20)29-26-22-14-18(3)8-10-24(22)30-25-11-9-19(4)15-23(25)26/h5-11,14-17H,12-13H2,1-4H3,(H,28,31)(H,29,30). The number of hydrogen-bond acceptors (Lipinski definition) is 4. The van der Waals surface area contributed by atoms with E-state index in [0.717, 1.165) is 38.7 Å². The first kappa shape index (κ1) is 21.6. The first-order valence-electron chi connectivity index (χ1n) is 11.0. The topological polar surface area (TPSA) is 63.3 Å². The van der Waals surface area contributed by atoms with Gasteiger partial charge in [0.1, 0.15) is 0 Å². The average molecular weight is 428 g/mol. The molecule has 0 spiro atoms. The number of anilines is 2. The van der Waals surface area contributed by atoms with Crippen LogP contribution in [0.2, 0.25) is 0 Å². The number of nitrogens with zero attached hydrogens (tertiary/aromatic N) is 1. The molecule has 1 amide bonds. The van der Waals surface area contributed by atoms with Crippen LogP contribution in [0.3, 0.4) is 0 Å². The van der Waals surface area contributed by atoms with Gasteiger partial charge in [0.05, 0.1) is 23.3 Å². The minimum Gasteiger partial charge on any atom is -0.449 e. The Kier molecular flexibility index (Phi) is 6.26. The average Bonchev–Trinajstić information content (AvgIpc) is 2.74. The van der Waals surface area contributed by atoms with Crippen LogP contribution < -0.4 is 10.6 Å². The highest BCUT2D eigenvalue weighted by Gasteiger charge is 2.11. The van der Waals surface area contributed by atoms with Gasteiger partial charge in [0, 0.05) is 28.9 Å². The highest BCUT2D eigenvalue weighted by Crippen LogP contribution is 2.34. The van der Waals surface area contributed by atoms with Crippen LogP contribution in [0.5, 0.6) is 0 Å². The largest absolute Gasteiger partial charge is 0.449 e. The molecule has 0 unspecified atom stereocenters. The molecule has 3 aromatic carbocycles. The maximum absolute atomic E-state index is 11.7. The Balaban J connectivity index is 1.63. The summed E-state index contributed by atoms with van der Waals surface area (Å²) < 4.78 is 5.28. The van der Waals surface area contributed by atoms with Gasteiger partial charge in [-0.05, 0) is 69.7 Å². The number of ether oxygens (including phenoxy) is 1. The molecular weight excluding hydrogens is 398 g/mol. The Bertz CT molecular complexity index is 1220. The van der Waals surface area contributed by atoms with Crippen molar-refractivity contribution in [1.29, 1.82) is 0 Å². The van der Waals surface area contributed by atoms with Crippen molar-refractivity contribution in [2.24, 2.45) is 0 Å². The number of rotatable bonds is 6. The van der Waals surface area contributed by atoms with Gasteiger partial charge in [-0.25, -0.2) is 9.78 Å². The third-order valence-corrected chi connectivity index (χ3v) is 5.31. The highest BCUT2D eigenvalue weighted by atomic mass is 16.5. The Morgan fingerprint density at radius 3 is 2.22 bits per heavy atom. The van der Waals surface area contributed by atoms with Crippen molar-refractivity contribution in [3.8, 4) is 0 Å². The first-order valence-corrected chi connectivity index (χ1v) is 11.0. The second-order valence-electron chi connectivity index (χ2n) is 8.54. The molecule has 0 saturated heterocycles. The van der Waals surface area contributed by atoms with Crippen LogP contribution in [0.1, 0.15) is 30.5 Å². The molecule has 0 bridgehead atoms. The molecule has 32 heavy (non-hydrogen) atoms.